The summed E-state index contributed by atoms with van der Waals surface area (Å²) < 4.78 is 7.50. The Labute approximate surface area is 169 Å². The van der Waals surface area contributed by atoms with E-state index in [9.17, 15) is 4.79 Å². The minimum Gasteiger partial charge on any atom is -0.461 e. The van der Waals surface area contributed by atoms with E-state index in [4.69, 9.17) is 4.42 Å². The summed E-state index contributed by atoms with van der Waals surface area (Å²) in [5, 5.41) is 12.3. The van der Waals surface area contributed by atoms with Crippen molar-refractivity contribution in [3.63, 3.8) is 0 Å². The molecule has 2 heterocycles. The van der Waals surface area contributed by atoms with Gasteiger partial charge in [0.05, 0.1) is 12.0 Å². The molecule has 0 atom stereocenters. The van der Waals surface area contributed by atoms with Crippen molar-refractivity contribution in [1.29, 1.82) is 0 Å². The Bertz CT molecular complexity index is 860. The fraction of sp³-hybridized carbons (Fsp3) is 0.381. The topological polar surface area (TPSA) is 73.0 Å². The van der Waals surface area contributed by atoms with Gasteiger partial charge in [0.1, 0.15) is 0 Å². The number of aryl methyl sites for hydroxylation is 1. The van der Waals surface area contributed by atoms with E-state index in [2.05, 4.69) is 41.5 Å². The third-order valence-corrected chi connectivity index (χ3v) is 5.11. The van der Waals surface area contributed by atoms with Crippen LogP contribution < -0.4 is 5.32 Å². The first-order chi connectivity index (χ1) is 13.6. The van der Waals surface area contributed by atoms with Crippen molar-refractivity contribution in [2.24, 2.45) is 5.92 Å². The quantitative estimate of drug-likeness (QED) is 0.412. The summed E-state index contributed by atoms with van der Waals surface area (Å²) >= 11 is 1.41. The van der Waals surface area contributed by atoms with Gasteiger partial charge < -0.3 is 9.73 Å². The number of aromatic nitrogens is 3. The molecule has 7 heteroatoms. The van der Waals surface area contributed by atoms with Crippen LogP contribution in [0.5, 0.6) is 0 Å². The first kappa shape index (κ1) is 20.2. The maximum absolute atomic E-state index is 12.2. The van der Waals surface area contributed by atoms with Crippen LogP contribution >= 0.6 is 11.8 Å². The largest absolute Gasteiger partial charge is 0.461 e. The van der Waals surface area contributed by atoms with Crippen molar-refractivity contribution in [2.45, 2.75) is 38.4 Å². The zero-order chi connectivity index (χ0) is 19.8. The van der Waals surface area contributed by atoms with Crippen molar-refractivity contribution >= 4 is 17.7 Å². The summed E-state index contributed by atoms with van der Waals surface area (Å²) in [6.45, 7) is 5.72. The molecule has 28 heavy (non-hydrogen) atoms. The molecule has 0 aliphatic rings. The van der Waals surface area contributed by atoms with Gasteiger partial charge in [-0.3, -0.25) is 9.36 Å². The average Bonchev–Trinajstić information content (AvgIpc) is 3.34. The predicted octanol–water partition coefficient (Wildman–Crippen LogP) is 4.04. The highest BCUT2D eigenvalue weighted by Gasteiger charge is 2.18. The van der Waals surface area contributed by atoms with Gasteiger partial charge in [0.15, 0.2) is 16.7 Å². The maximum Gasteiger partial charge on any atom is 0.230 e. The Morgan fingerprint density at radius 1 is 1.18 bits per heavy atom. The molecule has 2 aromatic heterocycles. The molecule has 0 bridgehead atoms. The molecule has 0 unspecified atom stereocenters. The van der Waals surface area contributed by atoms with Gasteiger partial charge >= 0.3 is 0 Å². The van der Waals surface area contributed by atoms with Gasteiger partial charge in [-0.25, -0.2) is 0 Å². The van der Waals surface area contributed by atoms with E-state index >= 15 is 0 Å². The second-order valence-corrected chi connectivity index (χ2v) is 7.96. The lowest BCUT2D eigenvalue weighted by atomic mass is 10.1. The van der Waals surface area contributed by atoms with Crippen LogP contribution in [0.1, 0.15) is 25.8 Å². The van der Waals surface area contributed by atoms with Gasteiger partial charge in [0.25, 0.3) is 0 Å². The highest BCUT2D eigenvalue weighted by atomic mass is 32.2. The normalized spacial score (nSPS) is 11.1. The minimum absolute atomic E-state index is 0.0108. The number of rotatable bonds is 10. The first-order valence-corrected chi connectivity index (χ1v) is 10.5. The van der Waals surface area contributed by atoms with Crippen molar-refractivity contribution in [2.75, 3.05) is 12.3 Å². The third kappa shape index (κ3) is 5.73. The number of hydrogen-bond donors (Lipinski definition) is 1. The number of hydrogen-bond acceptors (Lipinski definition) is 5. The van der Waals surface area contributed by atoms with E-state index in [1.54, 1.807) is 6.26 Å². The Kier molecular flexibility index (Phi) is 7.31. The Morgan fingerprint density at radius 2 is 2.00 bits per heavy atom. The number of benzene rings is 1. The van der Waals surface area contributed by atoms with Crippen LogP contribution in [0.25, 0.3) is 11.6 Å². The number of nitrogens with zero attached hydrogens (tertiary/aromatic N) is 3. The number of furan rings is 1. The van der Waals surface area contributed by atoms with Gasteiger partial charge in [-0.05, 0) is 36.5 Å². The number of carbonyl (C=O) groups is 1. The van der Waals surface area contributed by atoms with E-state index in [1.165, 1.54) is 17.3 Å². The van der Waals surface area contributed by atoms with Crippen LogP contribution in [0.4, 0.5) is 0 Å². The van der Waals surface area contributed by atoms with Crippen LogP contribution in [0, 0.1) is 5.92 Å². The lowest BCUT2D eigenvalue weighted by Gasteiger charge is -2.11. The molecule has 0 aliphatic carbocycles. The Morgan fingerprint density at radius 3 is 2.71 bits per heavy atom. The molecule has 1 aromatic carbocycles. The Hall–Kier alpha value is -2.54. The van der Waals surface area contributed by atoms with Crippen LogP contribution in [0.2, 0.25) is 0 Å². The number of amides is 1. The van der Waals surface area contributed by atoms with Crippen molar-refractivity contribution < 1.29 is 9.21 Å². The van der Waals surface area contributed by atoms with Crippen molar-refractivity contribution in [1.82, 2.24) is 20.1 Å². The van der Waals surface area contributed by atoms with Gasteiger partial charge in [-0.15, -0.1) is 10.2 Å². The summed E-state index contributed by atoms with van der Waals surface area (Å²) in [5.41, 5.74) is 1.29. The number of nitrogens with one attached hydrogen (secondary N) is 1. The molecule has 0 saturated carbocycles. The summed E-state index contributed by atoms with van der Waals surface area (Å²) in [6, 6.07) is 14.0. The fourth-order valence-corrected chi connectivity index (χ4v) is 3.64. The van der Waals surface area contributed by atoms with Gasteiger partial charge in [0.2, 0.25) is 5.91 Å². The second-order valence-electron chi connectivity index (χ2n) is 7.02. The summed E-state index contributed by atoms with van der Waals surface area (Å²) in [5.74, 6) is 2.14. The molecule has 3 rings (SSSR count). The smallest absolute Gasteiger partial charge is 0.230 e. The summed E-state index contributed by atoms with van der Waals surface area (Å²) in [4.78, 5) is 12.2. The third-order valence-electron chi connectivity index (χ3n) is 4.15. The lowest BCUT2D eigenvalue weighted by Crippen LogP contribution is -2.26. The molecule has 0 saturated heterocycles. The molecular formula is C21H26N4O2S. The fourth-order valence-electron chi connectivity index (χ4n) is 2.86. The number of carbonyl (C=O) groups excluding carboxylic acids is 1. The predicted molar refractivity (Wildman–Crippen MR) is 111 cm³/mol. The molecule has 148 valence electrons. The van der Waals surface area contributed by atoms with Crippen LogP contribution in [-0.2, 0) is 17.8 Å². The molecule has 0 radical (unpaired) electrons. The highest BCUT2D eigenvalue weighted by Crippen LogP contribution is 2.25. The molecule has 0 fully saturated rings. The zero-order valence-corrected chi connectivity index (χ0v) is 17.1. The SMILES string of the molecule is CC(C)Cn1c(SCC(=O)NCCCc2ccccc2)nnc1-c1ccco1. The first-order valence-electron chi connectivity index (χ1n) is 9.54. The molecule has 1 amide bonds. The second kappa shape index (κ2) is 10.1. The molecule has 6 nitrogen and oxygen atoms in total. The van der Waals surface area contributed by atoms with Crippen molar-refractivity contribution in [3.8, 4) is 11.6 Å². The summed E-state index contributed by atoms with van der Waals surface area (Å²) in [7, 11) is 0. The standard InChI is InChI=1S/C21H26N4O2S/c1-16(2)14-25-20(18-11-7-13-27-18)23-24-21(25)28-15-19(26)22-12-6-10-17-8-4-3-5-9-17/h3-5,7-9,11,13,16H,6,10,12,14-15H2,1-2H3,(H,22,26). The van der Waals surface area contributed by atoms with Crippen molar-refractivity contribution in [3.05, 3.63) is 54.3 Å². The molecule has 3 aromatic rings. The molecule has 1 N–H and O–H groups in total. The maximum atomic E-state index is 12.2. The van der Waals surface area contributed by atoms with Crippen LogP contribution in [-0.4, -0.2) is 33.0 Å². The molecule has 0 spiro atoms. The minimum atomic E-state index is 0.0108. The van der Waals surface area contributed by atoms with Crippen LogP contribution in [0.3, 0.4) is 0 Å². The van der Waals surface area contributed by atoms with E-state index in [0.717, 1.165) is 24.5 Å². The average molecular weight is 399 g/mol. The monoisotopic (exact) mass is 398 g/mol. The van der Waals surface area contributed by atoms with Gasteiger partial charge in [-0.1, -0.05) is 55.9 Å². The van der Waals surface area contributed by atoms with E-state index in [-0.39, 0.29) is 5.91 Å². The zero-order valence-electron chi connectivity index (χ0n) is 16.3. The number of thioether (sulfide) groups is 1. The summed E-state index contributed by atoms with van der Waals surface area (Å²) in [6.07, 6.45) is 3.51. The highest BCUT2D eigenvalue weighted by molar-refractivity contribution is 7.99. The lowest BCUT2D eigenvalue weighted by molar-refractivity contribution is -0.118. The van der Waals surface area contributed by atoms with Crippen LogP contribution in [0.15, 0.2) is 58.3 Å². The molecule has 0 aliphatic heterocycles. The Balaban J connectivity index is 1.50. The van der Waals surface area contributed by atoms with E-state index < -0.39 is 0 Å². The van der Waals surface area contributed by atoms with E-state index in [0.29, 0.717) is 29.8 Å². The molecular weight excluding hydrogens is 372 g/mol. The van der Waals surface area contributed by atoms with E-state index in [1.807, 2.05) is 34.9 Å². The van der Waals surface area contributed by atoms with Gasteiger partial charge in [0, 0.05) is 13.1 Å². The van der Waals surface area contributed by atoms with Gasteiger partial charge in [-0.2, -0.15) is 0 Å².